The summed E-state index contributed by atoms with van der Waals surface area (Å²) in [5, 5.41) is 10.1. The standard InChI is InChI=1S/C29H36FO5P/c1-7-8-24(30)13-22(6)29-11-12-34-36(32,35-29)18-33-25-14-20(4)27(21(5)15-25)17-23-9-10-28(31)26(16-23)19(2)3/h7-10,13-16,19,29,31H,6,11-12,17-18H2,1-5H3/b8-7-,24-13+/t29-,36-/m0/s1. The van der Waals surface area contributed by atoms with Gasteiger partial charge >= 0.3 is 7.60 Å². The van der Waals surface area contributed by atoms with E-state index in [0.29, 0.717) is 23.5 Å². The number of benzene rings is 2. The third-order valence-electron chi connectivity index (χ3n) is 6.17. The molecule has 0 saturated carbocycles. The maximum atomic E-state index is 13.8. The Kier molecular flexibility index (Phi) is 9.35. The molecule has 5 nitrogen and oxygen atoms in total. The number of hydrogen-bond donors (Lipinski definition) is 1. The molecule has 1 saturated heterocycles. The van der Waals surface area contributed by atoms with Gasteiger partial charge in [-0.15, -0.1) is 0 Å². The van der Waals surface area contributed by atoms with Gasteiger partial charge in [0.15, 0.2) is 6.35 Å². The molecule has 0 bridgehead atoms. The summed E-state index contributed by atoms with van der Waals surface area (Å²) in [5.74, 6) is 0.680. The van der Waals surface area contributed by atoms with Crippen LogP contribution in [0.1, 0.15) is 60.9 Å². The van der Waals surface area contributed by atoms with Gasteiger partial charge in [0, 0.05) is 6.42 Å². The minimum Gasteiger partial charge on any atom is -0.508 e. The highest BCUT2D eigenvalue weighted by molar-refractivity contribution is 7.53. The minimum atomic E-state index is -3.54. The number of allylic oxidation sites excluding steroid dienone is 3. The van der Waals surface area contributed by atoms with Crippen molar-refractivity contribution in [2.24, 2.45) is 0 Å². The second-order valence-electron chi connectivity index (χ2n) is 9.46. The summed E-state index contributed by atoms with van der Waals surface area (Å²) < 4.78 is 44.0. The molecule has 1 aliphatic heterocycles. The van der Waals surface area contributed by atoms with Crippen molar-refractivity contribution in [3.63, 3.8) is 0 Å². The van der Waals surface area contributed by atoms with Crippen LogP contribution >= 0.6 is 7.60 Å². The zero-order valence-electron chi connectivity index (χ0n) is 21.7. The number of ether oxygens (including phenoxy) is 1. The highest BCUT2D eigenvalue weighted by Crippen LogP contribution is 2.53. The predicted octanol–water partition coefficient (Wildman–Crippen LogP) is 8.04. The van der Waals surface area contributed by atoms with Crippen molar-refractivity contribution in [2.75, 3.05) is 13.0 Å². The largest absolute Gasteiger partial charge is 0.508 e. The SMILES string of the molecule is C=C(/C=C(F)\C=C/C)[C@@H]1CCO[P@@](=O)(COc2cc(C)c(Cc3ccc(O)c(C(C)C)c3)c(C)c2)O1. The number of aromatic hydroxyl groups is 1. The van der Waals surface area contributed by atoms with Crippen molar-refractivity contribution in [1.82, 2.24) is 0 Å². The van der Waals surface area contributed by atoms with E-state index >= 15 is 0 Å². The van der Waals surface area contributed by atoms with E-state index in [1.54, 1.807) is 19.1 Å². The van der Waals surface area contributed by atoms with Crippen LogP contribution in [-0.2, 0) is 20.0 Å². The van der Waals surface area contributed by atoms with Gasteiger partial charge in [-0.1, -0.05) is 38.6 Å². The lowest BCUT2D eigenvalue weighted by molar-refractivity contribution is 0.0932. The monoisotopic (exact) mass is 514 g/mol. The summed E-state index contributed by atoms with van der Waals surface area (Å²) in [5.41, 5.74) is 5.72. The highest BCUT2D eigenvalue weighted by Gasteiger charge is 2.35. The van der Waals surface area contributed by atoms with Gasteiger partial charge in [-0.25, -0.2) is 4.39 Å². The molecule has 0 unspecified atom stereocenters. The summed E-state index contributed by atoms with van der Waals surface area (Å²) in [6.45, 7) is 13.9. The number of phenols is 1. The summed E-state index contributed by atoms with van der Waals surface area (Å²) in [4.78, 5) is 0. The molecule has 3 rings (SSSR count). The summed E-state index contributed by atoms with van der Waals surface area (Å²) >= 11 is 0. The maximum absolute atomic E-state index is 13.8. The van der Waals surface area contributed by atoms with E-state index < -0.39 is 19.5 Å². The van der Waals surface area contributed by atoms with Crippen LogP contribution in [0.2, 0.25) is 0 Å². The average molecular weight is 515 g/mol. The smallest absolute Gasteiger partial charge is 0.368 e. The van der Waals surface area contributed by atoms with Crippen LogP contribution < -0.4 is 4.74 Å². The molecule has 0 aliphatic carbocycles. The number of halogens is 1. The van der Waals surface area contributed by atoms with E-state index in [1.165, 1.54) is 17.7 Å². The Morgan fingerprint density at radius 2 is 1.97 bits per heavy atom. The quantitative estimate of drug-likeness (QED) is 0.271. The molecule has 194 valence electrons. The van der Waals surface area contributed by atoms with Crippen LogP contribution in [0.4, 0.5) is 4.39 Å². The third-order valence-corrected chi connectivity index (χ3v) is 7.77. The van der Waals surface area contributed by atoms with Gasteiger partial charge < -0.3 is 14.4 Å². The Labute approximate surface area is 213 Å². The van der Waals surface area contributed by atoms with Crippen molar-refractivity contribution in [3.8, 4) is 11.5 Å². The van der Waals surface area contributed by atoms with Crippen molar-refractivity contribution in [1.29, 1.82) is 0 Å². The molecule has 2 atom stereocenters. The summed E-state index contributed by atoms with van der Waals surface area (Å²) in [6.07, 6.45) is 4.51. The van der Waals surface area contributed by atoms with Gasteiger partial charge in [0.25, 0.3) is 0 Å². The number of rotatable bonds is 9. The first kappa shape index (κ1) is 27.9. The molecule has 7 heteroatoms. The van der Waals surface area contributed by atoms with Crippen LogP contribution in [0.25, 0.3) is 0 Å². The first-order valence-electron chi connectivity index (χ1n) is 12.2. The van der Waals surface area contributed by atoms with E-state index in [4.69, 9.17) is 13.8 Å². The van der Waals surface area contributed by atoms with Gasteiger partial charge in [0.1, 0.15) is 17.3 Å². The fourth-order valence-corrected chi connectivity index (χ4v) is 5.74. The van der Waals surface area contributed by atoms with Gasteiger partial charge in [-0.05, 0) is 96.9 Å². The van der Waals surface area contributed by atoms with Crippen molar-refractivity contribution in [2.45, 2.75) is 59.5 Å². The zero-order chi connectivity index (χ0) is 26.5. The van der Waals surface area contributed by atoms with Gasteiger partial charge in [0.05, 0.1) is 12.7 Å². The van der Waals surface area contributed by atoms with Gasteiger partial charge in [-0.2, -0.15) is 0 Å². The molecule has 0 aromatic heterocycles. The Morgan fingerprint density at radius 1 is 1.28 bits per heavy atom. The first-order chi connectivity index (χ1) is 17.0. The molecule has 1 fully saturated rings. The summed E-state index contributed by atoms with van der Waals surface area (Å²) in [6, 6.07) is 9.57. The number of hydrogen-bond acceptors (Lipinski definition) is 5. The van der Waals surface area contributed by atoms with Crippen LogP contribution in [0, 0.1) is 13.8 Å². The van der Waals surface area contributed by atoms with Crippen molar-refractivity contribution >= 4 is 7.60 Å². The Hall–Kier alpha value is -2.66. The predicted molar refractivity (Wildman–Crippen MR) is 143 cm³/mol. The Morgan fingerprint density at radius 3 is 2.61 bits per heavy atom. The molecule has 36 heavy (non-hydrogen) atoms. The lowest BCUT2D eigenvalue weighted by Gasteiger charge is -2.30. The fourth-order valence-electron chi connectivity index (χ4n) is 4.22. The molecule has 2 aromatic rings. The topological polar surface area (TPSA) is 65.0 Å². The maximum Gasteiger partial charge on any atom is 0.368 e. The molecular weight excluding hydrogens is 478 g/mol. The van der Waals surface area contributed by atoms with Crippen LogP contribution in [0.3, 0.4) is 0 Å². The van der Waals surface area contributed by atoms with Crippen molar-refractivity contribution < 1.29 is 27.8 Å². The van der Waals surface area contributed by atoms with E-state index in [2.05, 4.69) is 26.5 Å². The van der Waals surface area contributed by atoms with E-state index in [-0.39, 0.29) is 18.9 Å². The lowest BCUT2D eigenvalue weighted by atomic mass is 9.93. The molecule has 1 N–H and O–H groups in total. The summed E-state index contributed by atoms with van der Waals surface area (Å²) in [7, 11) is -3.54. The molecular formula is C29H36FO5P. The van der Waals surface area contributed by atoms with Gasteiger partial charge in [0.2, 0.25) is 0 Å². The average Bonchev–Trinajstić information content (AvgIpc) is 2.81. The van der Waals surface area contributed by atoms with E-state index in [9.17, 15) is 14.1 Å². The molecule has 2 aromatic carbocycles. The molecule has 1 heterocycles. The molecule has 0 spiro atoms. The number of aryl methyl sites for hydroxylation is 2. The normalized spacial score (nSPS) is 20.8. The second-order valence-corrected chi connectivity index (χ2v) is 11.4. The molecule has 1 aliphatic rings. The molecule has 0 amide bonds. The zero-order valence-corrected chi connectivity index (χ0v) is 22.6. The Bertz CT molecular complexity index is 1190. The highest BCUT2D eigenvalue weighted by atomic mass is 31.2. The second kappa shape index (κ2) is 12.1. The van der Waals surface area contributed by atoms with Crippen LogP contribution in [0.15, 0.2) is 66.5 Å². The van der Waals surface area contributed by atoms with E-state index in [1.807, 2.05) is 32.0 Å². The number of phenolic OH excluding ortho intramolecular Hbond substituents is 1. The minimum absolute atomic E-state index is 0.214. The fraction of sp³-hybridized carbons (Fsp3) is 0.379. The first-order valence-corrected chi connectivity index (χ1v) is 13.9. The van der Waals surface area contributed by atoms with Crippen LogP contribution in [0.5, 0.6) is 11.5 Å². The lowest BCUT2D eigenvalue weighted by Crippen LogP contribution is -2.23. The van der Waals surface area contributed by atoms with Crippen LogP contribution in [-0.4, -0.2) is 24.2 Å². The van der Waals surface area contributed by atoms with Gasteiger partial charge in [-0.3, -0.25) is 9.09 Å². The third kappa shape index (κ3) is 7.19. The molecule has 0 radical (unpaired) electrons. The van der Waals surface area contributed by atoms with Crippen molar-refractivity contribution in [3.05, 3.63) is 94.4 Å². The Balaban J connectivity index is 1.69. The van der Waals surface area contributed by atoms with E-state index in [0.717, 1.165) is 28.7 Å².